The van der Waals surface area contributed by atoms with Gasteiger partial charge < -0.3 is 61.4 Å². The van der Waals surface area contributed by atoms with Crippen LogP contribution in [0.5, 0.6) is 0 Å². The lowest BCUT2D eigenvalue weighted by Gasteiger charge is -2.44. The quantitative estimate of drug-likeness (QED) is 0.0647. The van der Waals surface area contributed by atoms with Gasteiger partial charge in [0, 0.05) is 12.1 Å². The topological polar surface area (TPSA) is 429 Å². The Morgan fingerprint density at radius 2 is 1.47 bits per heavy atom. The third kappa shape index (κ3) is 9.22. The molecular weight excluding hydrogens is 809 g/mol. The number of quaternary nitrogens is 1. The van der Waals surface area contributed by atoms with Crippen molar-refractivity contribution in [2.45, 2.75) is 56.0 Å². The Morgan fingerprint density at radius 1 is 0.909 bits per heavy atom. The van der Waals surface area contributed by atoms with Crippen LogP contribution in [0.15, 0.2) is 28.7 Å². The number of nitrogen functional groups attached to an aromatic ring is 2. The minimum Gasteiger partial charge on any atom is -0.390 e. The molecule has 0 aromatic carbocycles. The summed E-state index contributed by atoms with van der Waals surface area (Å²) in [6.45, 7) is 2.91. The molecule has 2 fully saturated rings. The molecule has 12 atom stereocenters. The van der Waals surface area contributed by atoms with Crippen LogP contribution < -0.4 is 32.8 Å². The van der Waals surface area contributed by atoms with Crippen LogP contribution in [-0.2, 0) is 40.8 Å². The van der Waals surface area contributed by atoms with Gasteiger partial charge in [0.15, 0.2) is 17.4 Å². The number of ether oxygens (including phenoxy) is 2. The molecule has 0 saturated carbocycles. The van der Waals surface area contributed by atoms with Crippen molar-refractivity contribution in [1.82, 2.24) is 29.5 Å². The number of anilines is 3. The fourth-order valence-electron chi connectivity index (χ4n) is 5.69. The van der Waals surface area contributed by atoms with Gasteiger partial charge in [-0.05, 0) is 0 Å². The second-order valence-electron chi connectivity index (χ2n) is 12.0. The van der Waals surface area contributed by atoms with Gasteiger partial charge in [-0.2, -0.15) is 18.6 Å². The number of aliphatic hydroxyl groups excluding tert-OH is 4. The number of aliphatic hydroxyl groups is 4. The number of hydrogen-bond acceptors (Lipinski definition) is 21. The van der Waals surface area contributed by atoms with Crippen LogP contribution in [0.2, 0.25) is 0 Å². The van der Waals surface area contributed by atoms with Gasteiger partial charge in [-0.25, -0.2) is 18.7 Å². The van der Waals surface area contributed by atoms with Crippen LogP contribution in [0.3, 0.4) is 0 Å². The largest absolute Gasteiger partial charge is 0.490 e. The Bertz CT molecular complexity index is 2170. The maximum atomic E-state index is 12.6. The Kier molecular flexibility index (Phi) is 12.5. The molecule has 15 N–H and O–H groups in total. The number of nitrogens with one attached hydrogen (secondary N) is 2. The van der Waals surface area contributed by atoms with E-state index in [0.29, 0.717) is 0 Å². The molecule has 306 valence electrons. The summed E-state index contributed by atoms with van der Waals surface area (Å²) < 4.78 is 67.8. The highest BCUT2D eigenvalue weighted by Crippen LogP contribution is 2.67. The third-order valence-corrected chi connectivity index (χ3v) is 12.5. The minimum absolute atomic E-state index is 0.00818. The normalized spacial score (nSPS) is 30.4. The van der Waals surface area contributed by atoms with Gasteiger partial charge in [0.25, 0.3) is 5.56 Å². The Labute approximate surface area is 307 Å². The van der Waals surface area contributed by atoms with Crippen LogP contribution in [-0.4, -0.2) is 128 Å². The summed E-state index contributed by atoms with van der Waals surface area (Å²) in [6, 6.07) is 0. The molecule has 3 aromatic rings. The molecule has 28 nitrogen and oxygen atoms in total. The molecule has 3 unspecified atom stereocenters. The molecule has 3 aromatic heterocycles. The lowest BCUT2D eigenvalue weighted by atomic mass is 9.98. The highest BCUT2D eigenvalue weighted by molar-refractivity contribution is 7.66. The average Bonchev–Trinajstić information content (AvgIpc) is 3.62. The van der Waals surface area contributed by atoms with E-state index in [1.807, 2.05) is 0 Å². The van der Waals surface area contributed by atoms with Gasteiger partial charge >= 0.3 is 29.0 Å². The van der Waals surface area contributed by atoms with Gasteiger partial charge in [-0.15, -0.1) is 0 Å². The number of nitrogens with zero attached hydrogens (tertiary/aromatic N) is 5. The summed E-state index contributed by atoms with van der Waals surface area (Å²) in [4.78, 5) is 72.3. The lowest BCUT2D eigenvalue weighted by molar-refractivity contribution is -0.540. The number of imidazole rings is 1. The van der Waals surface area contributed by atoms with Gasteiger partial charge in [-0.1, -0.05) is 13.5 Å². The Balaban J connectivity index is 1.20. The van der Waals surface area contributed by atoms with Gasteiger partial charge in [-0.3, -0.25) is 38.1 Å². The molecule has 0 aliphatic carbocycles. The zero-order chi connectivity index (χ0) is 40.8. The number of rotatable bonds is 15. The first-order valence-corrected chi connectivity index (χ1v) is 20.1. The van der Waals surface area contributed by atoms with Crippen molar-refractivity contribution in [3.05, 3.63) is 39.8 Å². The van der Waals surface area contributed by atoms with Crippen LogP contribution in [0, 0.1) is 5.92 Å². The van der Waals surface area contributed by atoms with Crippen molar-refractivity contribution < 1.29 is 81.3 Å². The molecule has 5 heterocycles. The van der Waals surface area contributed by atoms with E-state index in [0.717, 1.165) is 11.1 Å². The predicted molar refractivity (Wildman–Crippen MR) is 181 cm³/mol. The van der Waals surface area contributed by atoms with E-state index in [9.17, 15) is 58.4 Å². The number of fused-ring (bicyclic) bond motifs is 1. The Hall–Kier alpha value is -3.50. The number of nitrogens with two attached hydrogens (primary N) is 3. The number of phosphoric acid groups is 3. The van der Waals surface area contributed by atoms with Crippen molar-refractivity contribution in [1.29, 1.82) is 0 Å². The molecule has 0 spiro atoms. The van der Waals surface area contributed by atoms with Crippen LogP contribution >= 0.6 is 23.5 Å². The van der Waals surface area contributed by atoms with Crippen molar-refractivity contribution in [3.63, 3.8) is 0 Å². The molecular formula is C24H38N10O18P3+. The van der Waals surface area contributed by atoms with Gasteiger partial charge in [0.2, 0.25) is 23.4 Å². The lowest BCUT2D eigenvalue weighted by Crippen LogP contribution is -2.76. The van der Waals surface area contributed by atoms with Crippen LogP contribution in [0.25, 0.3) is 11.2 Å². The van der Waals surface area contributed by atoms with Gasteiger partial charge in [0.05, 0.1) is 32.7 Å². The first-order valence-electron chi connectivity index (χ1n) is 15.6. The molecule has 0 radical (unpaired) electrons. The molecule has 0 bridgehead atoms. The summed E-state index contributed by atoms with van der Waals surface area (Å²) in [6.07, 6.45) is -11.2. The zero-order valence-corrected chi connectivity index (χ0v) is 31.1. The predicted octanol–water partition coefficient (Wildman–Crippen LogP) is -4.09. The highest BCUT2D eigenvalue weighted by atomic mass is 31.3. The van der Waals surface area contributed by atoms with Crippen molar-refractivity contribution in [2.75, 3.05) is 36.6 Å². The number of H-pyrrole nitrogens is 2. The zero-order valence-electron chi connectivity index (χ0n) is 28.4. The van der Waals surface area contributed by atoms with Crippen LogP contribution in [0.4, 0.5) is 23.4 Å². The van der Waals surface area contributed by atoms with E-state index in [1.54, 1.807) is 0 Å². The second-order valence-corrected chi connectivity index (χ2v) is 16.6. The summed E-state index contributed by atoms with van der Waals surface area (Å²) in [5.41, 5.74) is 9.71. The first-order chi connectivity index (χ1) is 25.6. The SMILES string of the molecule is C=CN(c1nc(N)[nH]c(=O)c1[NH2+]C)[C@@H]1O[C@H](COP(=O)(O)OP(=O)(O)OP(=O)(O)OC[C@H]2O[C@@H](n3cnc4c(=O)[nH]c(N)nc43)[C@H](C)[C@@H]2O)[C@@H](O)[C@H](O)[C@H]1O. The van der Waals surface area contributed by atoms with Crippen molar-refractivity contribution in [2.24, 2.45) is 5.92 Å². The molecule has 0 amide bonds. The third-order valence-electron chi connectivity index (χ3n) is 8.27. The maximum Gasteiger partial charge on any atom is 0.490 e. The fourth-order valence-corrected chi connectivity index (χ4v) is 9.21. The highest BCUT2D eigenvalue weighted by Gasteiger charge is 2.49. The van der Waals surface area contributed by atoms with E-state index < -0.39 is 103 Å². The molecule has 55 heavy (non-hydrogen) atoms. The summed E-state index contributed by atoms with van der Waals surface area (Å²) in [7, 11) is -16.0. The summed E-state index contributed by atoms with van der Waals surface area (Å²) in [5, 5.41) is 43.8. The standard InChI is InChI=1S/C24H37N10O18P3/c1-4-33(17-11(27-3)19(39)31-23(25)29-17)22-16(38)15(37)14(36)10(50-22)6-48-54(43,44)52-55(45,46)51-53(41,42)47-5-9-13(35)8(2)21(49-9)34-7-28-12-18(34)30-24(26)32-20(12)40/h4,7-10,13-16,21-22,27,35-38H,1,5-6H2,2-3H3,(H,41,42)(H,43,44)(H,45,46)(H3,25,29,31,39)(H3,26,30,32,40)/p+1/t8-,9-,10-,13+,14-,15+,16-,21-,22-/m1/s1. The molecule has 5 rings (SSSR count). The number of hydrogen-bond donors (Lipinski definition) is 12. The minimum atomic E-state index is -6.03. The number of phosphoric ester groups is 2. The van der Waals surface area contributed by atoms with E-state index in [1.165, 1.54) is 30.2 Å². The molecule has 31 heteroatoms. The molecule has 2 aliphatic heterocycles. The smallest absolute Gasteiger partial charge is 0.390 e. The van der Waals surface area contributed by atoms with Crippen molar-refractivity contribution in [3.8, 4) is 0 Å². The van der Waals surface area contributed by atoms with Crippen molar-refractivity contribution >= 4 is 58.0 Å². The van der Waals surface area contributed by atoms with E-state index >= 15 is 0 Å². The molecule has 2 aliphatic rings. The van der Waals surface area contributed by atoms with E-state index in [2.05, 4.69) is 49.2 Å². The summed E-state index contributed by atoms with van der Waals surface area (Å²) in [5.74, 6) is -1.59. The van der Waals surface area contributed by atoms with E-state index in [4.69, 9.17) is 20.9 Å². The fraction of sp³-hybridized carbons (Fsp3) is 0.542. The van der Waals surface area contributed by atoms with E-state index in [-0.39, 0.29) is 34.6 Å². The second kappa shape index (κ2) is 16.2. The Morgan fingerprint density at radius 3 is 2.05 bits per heavy atom. The van der Waals surface area contributed by atoms with Gasteiger partial charge in [0.1, 0.15) is 36.7 Å². The molecule has 2 saturated heterocycles. The maximum absolute atomic E-state index is 12.6. The number of aromatic amines is 2. The summed E-state index contributed by atoms with van der Waals surface area (Å²) >= 11 is 0. The average molecular weight is 848 g/mol. The first kappa shape index (κ1) is 42.6. The van der Waals surface area contributed by atoms with Crippen LogP contribution in [0.1, 0.15) is 13.2 Å². The monoisotopic (exact) mass is 847 g/mol. The number of aromatic nitrogens is 6.